The first kappa shape index (κ1) is 13.5. The highest BCUT2D eigenvalue weighted by atomic mass is 16.3. The molecule has 1 unspecified atom stereocenters. The molecule has 1 aromatic heterocycles. The Balaban J connectivity index is 1.67. The normalized spacial score (nSPS) is 29.0. The molecule has 3 heterocycles. The fraction of sp³-hybridized carbons (Fsp3) is 0.643. The van der Waals surface area contributed by atoms with E-state index in [-0.39, 0.29) is 12.0 Å². The molecule has 20 heavy (non-hydrogen) atoms. The molecule has 2 aliphatic heterocycles. The van der Waals surface area contributed by atoms with Crippen LogP contribution in [-0.2, 0) is 0 Å². The van der Waals surface area contributed by atoms with E-state index >= 15 is 0 Å². The van der Waals surface area contributed by atoms with Gasteiger partial charge in [-0.2, -0.15) is 0 Å². The Morgan fingerprint density at radius 1 is 1.40 bits per heavy atom. The maximum atomic E-state index is 10.1. The number of aliphatic imine (C=N–C) groups is 1. The van der Waals surface area contributed by atoms with Gasteiger partial charge in [0.2, 0.25) is 0 Å². The largest absolute Gasteiger partial charge is 0.391 e. The molecule has 0 bridgehead atoms. The summed E-state index contributed by atoms with van der Waals surface area (Å²) in [7, 11) is 0. The molecule has 6 nitrogen and oxygen atoms in total. The van der Waals surface area contributed by atoms with Crippen LogP contribution in [0, 0.1) is 5.92 Å². The Labute approximate surface area is 118 Å². The number of aliphatic hydroxyl groups is 1. The van der Waals surface area contributed by atoms with Crippen LogP contribution in [0.25, 0.3) is 0 Å². The third-order valence-corrected chi connectivity index (χ3v) is 4.21. The summed E-state index contributed by atoms with van der Waals surface area (Å²) >= 11 is 0. The summed E-state index contributed by atoms with van der Waals surface area (Å²) in [6.07, 6.45) is 5.39. The first-order valence-corrected chi connectivity index (χ1v) is 7.24. The Bertz CT molecular complexity index is 518. The first-order valence-electron chi connectivity index (χ1n) is 7.24. The lowest BCUT2D eigenvalue weighted by molar-refractivity contribution is 0.137. The Morgan fingerprint density at radius 3 is 3.05 bits per heavy atom. The van der Waals surface area contributed by atoms with Gasteiger partial charge < -0.3 is 10.8 Å². The average Bonchev–Trinajstić information content (AvgIpc) is 2.97. The van der Waals surface area contributed by atoms with E-state index in [4.69, 9.17) is 5.73 Å². The summed E-state index contributed by atoms with van der Waals surface area (Å²) in [5.74, 6) is 0.996. The molecule has 108 valence electrons. The van der Waals surface area contributed by atoms with Crippen molar-refractivity contribution in [3.63, 3.8) is 0 Å². The highest BCUT2D eigenvalue weighted by Crippen LogP contribution is 2.35. The van der Waals surface area contributed by atoms with Gasteiger partial charge >= 0.3 is 0 Å². The van der Waals surface area contributed by atoms with E-state index in [0.29, 0.717) is 17.4 Å². The maximum Gasteiger partial charge on any atom is 0.153 e. The highest BCUT2D eigenvalue weighted by molar-refractivity contribution is 5.83. The molecular formula is C14H21N5O. The van der Waals surface area contributed by atoms with Crippen molar-refractivity contribution in [3.8, 4) is 0 Å². The number of hydrogen-bond acceptors (Lipinski definition) is 6. The van der Waals surface area contributed by atoms with Gasteiger partial charge in [-0.25, -0.2) is 9.97 Å². The zero-order chi connectivity index (χ0) is 14.1. The quantitative estimate of drug-likeness (QED) is 0.854. The average molecular weight is 275 g/mol. The summed E-state index contributed by atoms with van der Waals surface area (Å²) in [6.45, 7) is 4.69. The molecule has 3 atom stereocenters. The third kappa shape index (κ3) is 2.41. The standard InChI is InChI=1S/C14H21N5O/c1-2-3-9-5-19(7-11(9)20)6-10-4-16-13-12(10)17-8-18-14(13)15/h4,8-11,20H,2-3,5-7H2,1H3,(H2,15,17,18)/t9-,10?,11-/m0/s1. The van der Waals surface area contributed by atoms with Crippen LogP contribution in [0.5, 0.6) is 0 Å². The van der Waals surface area contributed by atoms with Crippen LogP contribution in [0.1, 0.15) is 31.4 Å². The molecule has 1 saturated heterocycles. The van der Waals surface area contributed by atoms with E-state index in [1.165, 1.54) is 6.33 Å². The molecule has 0 spiro atoms. The minimum Gasteiger partial charge on any atom is -0.391 e. The fourth-order valence-electron chi connectivity index (χ4n) is 3.20. The van der Waals surface area contributed by atoms with Crippen molar-refractivity contribution < 1.29 is 5.11 Å². The van der Waals surface area contributed by atoms with Crippen molar-refractivity contribution in [3.05, 3.63) is 12.0 Å². The van der Waals surface area contributed by atoms with Gasteiger partial charge in [0.25, 0.3) is 0 Å². The topological polar surface area (TPSA) is 87.6 Å². The number of aliphatic hydroxyl groups excluding tert-OH is 1. The molecule has 2 aliphatic rings. The van der Waals surface area contributed by atoms with E-state index in [0.717, 1.165) is 38.2 Å². The third-order valence-electron chi connectivity index (χ3n) is 4.21. The van der Waals surface area contributed by atoms with Gasteiger partial charge in [-0.1, -0.05) is 13.3 Å². The monoisotopic (exact) mass is 275 g/mol. The number of fused-ring (bicyclic) bond motifs is 1. The molecule has 3 rings (SSSR count). The molecule has 3 N–H and O–H groups in total. The molecular weight excluding hydrogens is 254 g/mol. The second-order valence-electron chi connectivity index (χ2n) is 5.71. The van der Waals surface area contributed by atoms with Crippen LogP contribution >= 0.6 is 0 Å². The molecule has 0 aromatic carbocycles. The predicted molar refractivity (Wildman–Crippen MR) is 78.2 cm³/mol. The molecule has 1 fully saturated rings. The summed E-state index contributed by atoms with van der Waals surface area (Å²) in [5.41, 5.74) is 7.43. The van der Waals surface area contributed by atoms with Crippen molar-refractivity contribution in [2.24, 2.45) is 10.9 Å². The first-order chi connectivity index (χ1) is 9.69. The number of rotatable bonds is 4. The summed E-state index contributed by atoms with van der Waals surface area (Å²) in [6, 6.07) is 0. The number of nitrogens with two attached hydrogens (primary N) is 1. The van der Waals surface area contributed by atoms with Crippen LogP contribution in [0.4, 0.5) is 11.5 Å². The van der Waals surface area contributed by atoms with Gasteiger partial charge in [0.05, 0.1) is 17.7 Å². The number of aromatic nitrogens is 2. The second kappa shape index (κ2) is 5.46. The lowest BCUT2D eigenvalue weighted by Gasteiger charge is -2.18. The number of hydrogen-bond donors (Lipinski definition) is 2. The lowest BCUT2D eigenvalue weighted by atomic mass is 10.0. The van der Waals surface area contributed by atoms with Crippen molar-refractivity contribution in [1.29, 1.82) is 0 Å². The van der Waals surface area contributed by atoms with Crippen molar-refractivity contribution in [1.82, 2.24) is 14.9 Å². The van der Waals surface area contributed by atoms with Gasteiger partial charge in [-0.3, -0.25) is 9.89 Å². The van der Waals surface area contributed by atoms with Gasteiger partial charge in [0.1, 0.15) is 12.0 Å². The zero-order valence-corrected chi connectivity index (χ0v) is 11.7. The second-order valence-corrected chi connectivity index (χ2v) is 5.71. The summed E-state index contributed by atoms with van der Waals surface area (Å²) in [5, 5.41) is 10.1. The fourth-order valence-corrected chi connectivity index (χ4v) is 3.20. The summed E-state index contributed by atoms with van der Waals surface area (Å²) < 4.78 is 0. The van der Waals surface area contributed by atoms with E-state index in [1.54, 1.807) is 0 Å². The SMILES string of the molecule is CCC[C@H]1CN(CC2C=Nc3c(N)ncnc32)C[C@@H]1O. The zero-order valence-electron chi connectivity index (χ0n) is 11.7. The van der Waals surface area contributed by atoms with Gasteiger partial charge in [-0.05, 0) is 12.3 Å². The molecule has 1 aromatic rings. The van der Waals surface area contributed by atoms with Gasteiger partial charge in [0.15, 0.2) is 5.82 Å². The van der Waals surface area contributed by atoms with E-state index in [2.05, 4.69) is 26.8 Å². The minimum atomic E-state index is -0.205. The lowest BCUT2D eigenvalue weighted by Crippen LogP contribution is -2.27. The van der Waals surface area contributed by atoms with Crippen LogP contribution in [0.2, 0.25) is 0 Å². The number of nitrogens with zero attached hydrogens (tertiary/aromatic N) is 4. The van der Waals surface area contributed by atoms with E-state index in [9.17, 15) is 5.11 Å². The molecule has 0 radical (unpaired) electrons. The van der Waals surface area contributed by atoms with Crippen LogP contribution in [-0.4, -0.2) is 51.9 Å². The Morgan fingerprint density at radius 2 is 2.25 bits per heavy atom. The number of likely N-dealkylation sites (tertiary alicyclic amines) is 1. The molecule has 0 aliphatic carbocycles. The number of β-amino-alcohol motifs (C(OH)–C–C–N with tert-alkyl or cyclic N) is 1. The van der Waals surface area contributed by atoms with Crippen LogP contribution in [0.15, 0.2) is 11.3 Å². The van der Waals surface area contributed by atoms with Crippen LogP contribution < -0.4 is 5.73 Å². The smallest absolute Gasteiger partial charge is 0.153 e. The van der Waals surface area contributed by atoms with E-state index < -0.39 is 0 Å². The van der Waals surface area contributed by atoms with Crippen molar-refractivity contribution >= 4 is 17.7 Å². The Hall–Kier alpha value is -1.53. The number of anilines is 1. The van der Waals surface area contributed by atoms with Crippen molar-refractivity contribution in [2.75, 3.05) is 25.4 Å². The Kier molecular flexibility index (Phi) is 3.67. The maximum absolute atomic E-state index is 10.1. The minimum absolute atomic E-state index is 0.155. The highest BCUT2D eigenvalue weighted by Gasteiger charge is 2.33. The van der Waals surface area contributed by atoms with Gasteiger partial charge in [-0.15, -0.1) is 0 Å². The van der Waals surface area contributed by atoms with Gasteiger partial charge in [0, 0.05) is 25.8 Å². The van der Waals surface area contributed by atoms with E-state index in [1.807, 2.05) is 6.21 Å². The van der Waals surface area contributed by atoms with Crippen LogP contribution in [0.3, 0.4) is 0 Å². The number of nitrogen functional groups attached to an aromatic ring is 1. The summed E-state index contributed by atoms with van der Waals surface area (Å²) in [4.78, 5) is 14.9. The van der Waals surface area contributed by atoms with Crippen molar-refractivity contribution in [2.45, 2.75) is 31.8 Å². The molecule has 6 heteroatoms. The molecule has 0 amide bonds. The molecule has 0 saturated carbocycles. The predicted octanol–water partition coefficient (Wildman–Crippen LogP) is 0.951.